The number of para-hydroxylation sites is 1. The molecule has 13 nitrogen and oxygen atoms in total. The molecule has 0 saturated carbocycles. The van der Waals surface area contributed by atoms with E-state index in [1.807, 2.05) is 0 Å². The van der Waals surface area contributed by atoms with Crippen LogP contribution in [0, 0.1) is 10.1 Å². The molecule has 0 unspecified atom stereocenters. The number of hydrogen-bond donors (Lipinski definition) is 2. The lowest BCUT2D eigenvalue weighted by atomic mass is 10.1. The van der Waals surface area contributed by atoms with Crippen LogP contribution in [0.15, 0.2) is 72.8 Å². The van der Waals surface area contributed by atoms with Crippen LogP contribution in [0.4, 0.5) is 11.4 Å². The van der Waals surface area contributed by atoms with Crippen LogP contribution in [0.2, 0.25) is 0 Å². The highest BCUT2D eigenvalue weighted by molar-refractivity contribution is 7.92. The first-order chi connectivity index (χ1) is 17.0. The third-order valence-electron chi connectivity index (χ3n) is 4.62. The molecule has 0 saturated heterocycles. The van der Waals surface area contributed by atoms with E-state index in [9.17, 15) is 23.3 Å². The Morgan fingerprint density at radius 2 is 1.75 bits per heavy atom. The summed E-state index contributed by atoms with van der Waals surface area (Å²) in [5.74, 6) is -0.732. The summed E-state index contributed by atoms with van der Waals surface area (Å²) in [6.45, 7) is -1.03. The lowest BCUT2D eigenvalue weighted by Crippen LogP contribution is -2.33. The second-order valence-corrected chi connectivity index (χ2v) is 9.13. The van der Waals surface area contributed by atoms with Crippen LogP contribution >= 0.6 is 0 Å². The van der Waals surface area contributed by atoms with Crippen molar-refractivity contribution in [1.82, 2.24) is 5.39 Å². The molecular weight excluding hydrogens is 498 g/mol. The summed E-state index contributed by atoms with van der Waals surface area (Å²) >= 11 is 0. The molecule has 3 rings (SSSR count). The molecule has 0 amide bonds. The molecule has 2 N–H and O–H groups in total. The van der Waals surface area contributed by atoms with Crippen molar-refractivity contribution >= 4 is 27.4 Å². The summed E-state index contributed by atoms with van der Waals surface area (Å²) in [7, 11) is -4.04. The Bertz CT molecular complexity index is 1330. The Morgan fingerprint density at radius 3 is 2.39 bits per heavy atom. The van der Waals surface area contributed by atoms with Crippen LogP contribution < -0.4 is 9.04 Å². The fourth-order valence-electron chi connectivity index (χ4n) is 2.98. The van der Waals surface area contributed by atoms with Gasteiger partial charge in [0.15, 0.2) is 12.5 Å². The van der Waals surface area contributed by atoms with Gasteiger partial charge in [-0.05, 0) is 35.9 Å². The fourth-order valence-corrected chi connectivity index (χ4v) is 3.74. The van der Waals surface area contributed by atoms with Crippen LogP contribution in [0.25, 0.3) is 0 Å². The molecule has 0 heterocycles. The zero-order valence-electron chi connectivity index (χ0n) is 18.8. The van der Waals surface area contributed by atoms with Gasteiger partial charge in [-0.25, -0.2) is 22.4 Å². The number of nitro groups is 1. The van der Waals surface area contributed by atoms with Crippen molar-refractivity contribution in [3.8, 4) is 11.5 Å². The van der Waals surface area contributed by atoms with E-state index in [0.29, 0.717) is 11.3 Å². The summed E-state index contributed by atoms with van der Waals surface area (Å²) in [5, 5.41) is 28.1. The van der Waals surface area contributed by atoms with Crippen molar-refractivity contribution < 1.29 is 42.9 Å². The normalized spacial score (nSPS) is 11.2. The molecule has 190 valence electrons. The van der Waals surface area contributed by atoms with E-state index in [1.54, 1.807) is 36.4 Å². The Morgan fingerprint density at radius 1 is 1.03 bits per heavy atom. The first-order valence-electron chi connectivity index (χ1n) is 10.1. The zero-order valence-corrected chi connectivity index (χ0v) is 19.6. The Kier molecular flexibility index (Phi) is 8.52. The third-order valence-corrected chi connectivity index (χ3v) is 5.72. The predicted octanol–water partition coefficient (Wildman–Crippen LogP) is 3.48. The van der Waals surface area contributed by atoms with E-state index < -0.39 is 33.0 Å². The van der Waals surface area contributed by atoms with Crippen molar-refractivity contribution in [1.29, 1.82) is 0 Å². The van der Waals surface area contributed by atoms with E-state index in [1.165, 1.54) is 24.3 Å². The van der Waals surface area contributed by atoms with Gasteiger partial charge in [0.2, 0.25) is 10.0 Å². The fraction of sp³-hybridized carbons (Fsp3) is 0.136. The van der Waals surface area contributed by atoms with Gasteiger partial charge in [0.05, 0.1) is 40.5 Å². The minimum Gasteiger partial charge on any atom is -0.455 e. The van der Waals surface area contributed by atoms with Gasteiger partial charge in [-0.1, -0.05) is 30.3 Å². The number of nitro benzene ring substituents is 1. The molecule has 3 aromatic rings. The van der Waals surface area contributed by atoms with Crippen molar-refractivity contribution in [2.24, 2.45) is 0 Å². The summed E-state index contributed by atoms with van der Waals surface area (Å²) in [6.07, 6.45) is 0.877. The van der Waals surface area contributed by atoms with Crippen LogP contribution in [-0.2, 0) is 26.2 Å². The van der Waals surface area contributed by atoms with Crippen LogP contribution in [0.1, 0.15) is 15.9 Å². The van der Waals surface area contributed by atoms with Crippen LogP contribution in [0.5, 0.6) is 11.5 Å². The standard InChI is InChI=1S/C22H21N3O10S/c1-36(31,32)23(15-33-22(26)17-7-5-6-16(12-17)14-34-25(29)30)20-11-10-18(24(27)28)13-21(20)35-19-8-3-2-4-9-19/h2-13,29-30H,14-15H2,1H3. The van der Waals surface area contributed by atoms with Crippen molar-refractivity contribution in [2.75, 3.05) is 17.3 Å². The number of rotatable bonds is 11. The quantitative estimate of drug-likeness (QED) is 0.165. The van der Waals surface area contributed by atoms with E-state index in [-0.39, 0.29) is 29.3 Å². The first kappa shape index (κ1) is 26.5. The minimum absolute atomic E-state index is 0.0384. The number of non-ortho nitro benzene ring substituents is 1. The number of sulfonamides is 1. The number of carbonyl (C=O) groups is 1. The molecular formula is C22H21N3O10S. The Hall–Kier alpha value is -4.08. The number of ether oxygens (including phenoxy) is 2. The summed E-state index contributed by atoms with van der Waals surface area (Å²) < 4.78 is 36.8. The van der Waals surface area contributed by atoms with Crippen LogP contribution in [0.3, 0.4) is 0 Å². The largest absolute Gasteiger partial charge is 0.455 e. The number of nitrogens with zero attached hydrogens (tertiary/aromatic N) is 3. The molecule has 0 bridgehead atoms. The number of benzene rings is 3. The van der Waals surface area contributed by atoms with E-state index in [4.69, 9.17) is 19.9 Å². The highest BCUT2D eigenvalue weighted by atomic mass is 32.2. The van der Waals surface area contributed by atoms with Gasteiger partial charge in [-0.2, -0.15) is 0 Å². The molecule has 36 heavy (non-hydrogen) atoms. The molecule has 0 aromatic heterocycles. The van der Waals surface area contributed by atoms with E-state index in [0.717, 1.165) is 22.7 Å². The van der Waals surface area contributed by atoms with Gasteiger partial charge in [-0.3, -0.25) is 20.5 Å². The summed E-state index contributed by atoms with van der Waals surface area (Å²) in [4.78, 5) is 27.7. The van der Waals surface area contributed by atoms with Gasteiger partial charge in [0.25, 0.3) is 5.69 Å². The number of esters is 1. The van der Waals surface area contributed by atoms with E-state index >= 15 is 0 Å². The number of carbonyl (C=O) groups excluding carboxylic acids is 1. The average molecular weight is 519 g/mol. The third kappa shape index (κ3) is 7.21. The van der Waals surface area contributed by atoms with Gasteiger partial charge >= 0.3 is 5.97 Å². The highest BCUT2D eigenvalue weighted by Gasteiger charge is 2.25. The zero-order chi connectivity index (χ0) is 26.3. The van der Waals surface area contributed by atoms with Crippen molar-refractivity contribution in [3.63, 3.8) is 0 Å². The molecule has 0 aliphatic heterocycles. The maximum atomic E-state index is 12.6. The second-order valence-electron chi connectivity index (χ2n) is 7.22. The molecule has 0 atom stereocenters. The van der Waals surface area contributed by atoms with Gasteiger partial charge in [0, 0.05) is 6.07 Å². The molecule has 0 aliphatic carbocycles. The maximum Gasteiger partial charge on any atom is 0.339 e. The van der Waals surface area contributed by atoms with Crippen molar-refractivity contribution in [3.05, 3.63) is 94.0 Å². The number of anilines is 1. The smallest absolute Gasteiger partial charge is 0.339 e. The van der Waals surface area contributed by atoms with Gasteiger partial charge in [-0.15, -0.1) is 0 Å². The van der Waals surface area contributed by atoms with E-state index in [2.05, 4.69) is 4.84 Å². The van der Waals surface area contributed by atoms with Crippen molar-refractivity contribution in [2.45, 2.75) is 6.61 Å². The SMILES string of the molecule is CS(=O)(=O)N(COC(=O)c1cccc(CON(O)O)c1)c1ccc([N+](=O)[O-])cc1Oc1ccccc1. The summed E-state index contributed by atoms with van der Waals surface area (Å²) in [6, 6.07) is 17.4. The average Bonchev–Trinajstić information content (AvgIpc) is 2.83. The lowest BCUT2D eigenvalue weighted by Gasteiger charge is -2.24. The molecule has 0 spiro atoms. The Balaban J connectivity index is 1.88. The first-order valence-corrected chi connectivity index (χ1v) is 12.0. The molecule has 0 aliphatic rings. The monoisotopic (exact) mass is 519 g/mol. The van der Waals surface area contributed by atoms with Gasteiger partial charge in [0.1, 0.15) is 5.75 Å². The van der Waals surface area contributed by atoms with Crippen LogP contribution in [-0.4, -0.2) is 48.1 Å². The summed E-state index contributed by atoms with van der Waals surface area (Å²) in [5.41, 5.74) is 0.00856. The predicted molar refractivity (Wildman–Crippen MR) is 124 cm³/mol. The highest BCUT2D eigenvalue weighted by Crippen LogP contribution is 2.36. The second kappa shape index (κ2) is 11.6. The molecule has 0 radical (unpaired) electrons. The number of hydrogen-bond acceptors (Lipinski definition) is 11. The molecule has 14 heteroatoms. The molecule has 0 fully saturated rings. The topological polar surface area (TPSA) is 169 Å². The lowest BCUT2D eigenvalue weighted by molar-refractivity contribution is -0.497. The van der Waals surface area contributed by atoms with Gasteiger partial charge < -0.3 is 9.47 Å². The molecule has 3 aromatic carbocycles. The Labute approximate surface area is 205 Å². The maximum absolute atomic E-state index is 12.6. The minimum atomic E-state index is -4.04.